The predicted octanol–water partition coefficient (Wildman–Crippen LogP) is 4.90. The van der Waals surface area contributed by atoms with E-state index in [1.807, 2.05) is 0 Å². The molecule has 0 saturated heterocycles. The van der Waals surface area contributed by atoms with Crippen molar-refractivity contribution in [2.75, 3.05) is 19.6 Å². The van der Waals surface area contributed by atoms with E-state index in [4.69, 9.17) is 14.0 Å². The van der Waals surface area contributed by atoms with Crippen molar-refractivity contribution in [3.63, 3.8) is 0 Å². The predicted molar refractivity (Wildman–Crippen MR) is 119 cm³/mol. The quantitative estimate of drug-likeness (QED) is 0.300. The van der Waals surface area contributed by atoms with Gasteiger partial charge in [0, 0.05) is 13.1 Å². The lowest BCUT2D eigenvalue weighted by Crippen LogP contribution is -2.54. The first-order valence-electron chi connectivity index (χ1n) is 10.3. The molecule has 2 unspecified atom stereocenters. The molecular formula is C18H46N2O2Si3. The van der Waals surface area contributed by atoms with Crippen molar-refractivity contribution >= 4 is 25.2 Å². The Morgan fingerprint density at radius 3 is 2.08 bits per heavy atom. The van der Waals surface area contributed by atoms with Crippen LogP contribution < -0.4 is 11.1 Å². The van der Waals surface area contributed by atoms with E-state index >= 15 is 0 Å². The van der Waals surface area contributed by atoms with Crippen LogP contribution in [0.1, 0.15) is 40.0 Å². The summed E-state index contributed by atoms with van der Waals surface area (Å²) in [6.45, 7) is 21.3. The smallest absolute Gasteiger partial charge is 0.314 e. The van der Waals surface area contributed by atoms with E-state index in [2.05, 4.69) is 58.8 Å². The maximum absolute atomic E-state index is 6.92. The van der Waals surface area contributed by atoms with Crippen LogP contribution in [0.4, 0.5) is 0 Å². The fourth-order valence-electron chi connectivity index (χ4n) is 3.60. The highest BCUT2D eigenvalue weighted by Crippen LogP contribution is 2.30. The van der Waals surface area contributed by atoms with Gasteiger partial charge in [0.05, 0.1) is 0 Å². The van der Waals surface area contributed by atoms with Gasteiger partial charge in [-0.3, -0.25) is 0 Å². The molecule has 0 rings (SSSR count). The Bertz CT molecular complexity index is 357. The molecule has 0 aliphatic rings. The number of nitrogens with two attached hydrogens (primary N) is 1. The number of hydrogen-bond acceptors (Lipinski definition) is 4. The summed E-state index contributed by atoms with van der Waals surface area (Å²) in [6, 6.07) is 3.48. The molecule has 0 saturated carbocycles. The van der Waals surface area contributed by atoms with E-state index in [1.54, 1.807) is 0 Å². The highest BCUT2D eigenvalue weighted by Gasteiger charge is 2.42. The van der Waals surface area contributed by atoms with Gasteiger partial charge in [0.2, 0.25) is 0 Å². The molecule has 7 heteroatoms. The third kappa shape index (κ3) is 12.5. The van der Waals surface area contributed by atoms with Gasteiger partial charge in [0.1, 0.15) is 0 Å². The molecule has 0 amide bonds. The van der Waals surface area contributed by atoms with Crippen molar-refractivity contribution in [3.05, 3.63) is 0 Å². The second-order valence-electron chi connectivity index (χ2n) is 8.95. The number of hydrogen-bond donors (Lipinski definition) is 2. The van der Waals surface area contributed by atoms with Gasteiger partial charge in [-0.2, -0.15) is 0 Å². The Kier molecular flexibility index (Phi) is 12.3. The summed E-state index contributed by atoms with van der Waals surface area (Å²) in [6.07, 6.45) is 3.68. The Labute approximate surface area is 161 Å². The van der Waals surface area contributed by atoms with E-state index in [0.717, 1.165) is 37.5 Å². The average molecular weight is 407 g/mol. The Morgan fingerprint density at radius 2 is 1.56 bits per heavy atom. The van der Waals surface area contributed by atoms with Crippen LogP contribution in [0, 0.1) is 5.92 Å². The van der Waals surface area contributed by atoms with Gasteiger partial charge in [-0.05, 0) is 69.8 Å². The van der Waals surface area contributed by atoms with Crippen LogP contribution in [0.15, 0.2) is 0 Å². The topological polar surface area (TPSA) is 56.5 Å². The molecule has 0 aromatic carbocycles. The van der Waals surface area contributed by atoms with E-state index in [-0.39, 0.29) is 0 Å². The van der Waals surface area contributed by atoms with Gasteiger partial charge < -0.3 is 19.3 Å². The minimum Gasteiger partial charge on any atom is -0.436 e. The van der Waals surface area contributed by atoms with Crippen LogP contribution in [0.3, 0.4) is 0 Å². The van der Waals surface area contributed by atoms with E-state index in [0.29, 0.717) is 6.54 Å². The van der Waals surface area contributed by atoms with Gasteiger partial charge in [0.15, 0.2) is 16.6 Å². The van der Waals surface area contributed by atoms with Crippen LogP contribution in [0.2, 0.25) is 50.9 Å². The molecule has 0 aliphatic heterocycles. The van der Waals surface area contributed by atoms with Crippen molar-refractivity contribution in [2.24, 2.45) is 11.7 Å². The van der Waals surface area contributed by atoms with Crippen LogP contribution in [0.25, 0.3) is 0 Å². The van der Waals surface area contributed by atoms with Gasteiger partial charge in [-0.1, -0.05) is 33.6 Å². The van der Waals surface area contributed by atoms with Crippen LogP contribution >= 0.6 is 0 Å². The molecule has 152 valence electrons. The SMILES string of the molecule is CCCC(C)C[Si](C)(C)O[Si](C)(CCCNCCN)O[Si](C)(C)CC. The van der Waals surface area contributed by atoms with Crippen molar-refractivity contribution in [3.8, 4) is 0 Å². The molecule has 0 radical (unpaired) electrons. The first-order valence-corrected chi connectivity index (χ1v) is 19.1. The van der Waals surface area contributed by atoms with Gasteiger partial charge in [-0.15, -0.1) is 0 Å². The zero-order chi connectivity index (χ0) is 19.6. The maximum Gasteiger partial charge on any atom is 0.314 e. The normalized spacial score (nSPS) is 16.7. The Balaban J connectivity index is 4.91. The van der Waals surface area contributed by atoms with Crippen LogP contribution in [-0.2, 0) is 8.23 Å². The molecule has 0 spiro atoms. The molecule has 0 aromatic rings. The molecule has 0 heterocycles. The molecule has 3 N–H and O–H groups in total. The fraction of sp³-hybridized carbons (Fsp3) is 1.00. The van der Waals surface area contributed by atoms with Crippen LogP contribution in [-0.4, -0.2) is 44.8 Å². The molecule has 0 bridgehead atoms. The monoisotopic (exact) mass is 406 g/mol. The standard InChI is InChI=1S/C18H46N2O2Si3/c1-9-12-18(3)17-24(6,7)22-25(8,21-23(4,5)10-2)16-11-14-20-15-13-19/h18,20H,9-17,19H2,1-8H3. The molecule has 25 heavy (non-hydrogen) atoms. The van der Waals surface area contributed by atoms with Crippen LogP contribution in [0.5, 0.6) is 0 Å². The molecular weight excluding hydrogens is 360 g/mol. The average Bonchev–Trinajstić information content (AvgIpc) is 2.45. The van der Waals surface area contributed by atoms with Gasteiger partial charge >= 0.3 is 8.56 Å². The lowest BCUT2D eigenvalue weighted by atomic mass is 10.1. The Hall–Kier alpha value is 0.491. The minimum absolute atomic E-state index is 0.701. The first kappa shape index (κ1) is 25.5. The van der Waals surface area contributed by atoms with Crippen molar-refractivity contribution in [1.82, 2.24) is 5.32 Å². The summed E-state index contributed by atoms with van der Waals surface area (Å²) in [5.41, 5.74) is 5.56. The second kappa shape index (κ2) is 12.0. The zero-order valence-corrected chi connectivity index (χ0v) is 21.3. The second-order valence-corrected chi connectivity index (χ2v) is 21.5. The van der Waals surface area contributed by atoms with E-state index in [1.165, 1.54) is 18.9 Å². The van der Waals surface area contributed by atoms with Crippen molar-refractivity contribution in [1.29, 1.82) is 0 Å². The van der Waals surface area contributed by atoms with Crippen molar-refractivity contribution in [2.45, 2.75) is 90.9 Å². The van der Waals surface area contributed by atoms with Crippen molar-refractivity contribution < 1.29 is 8.23 Å². The summed E-state index contributed by atoms with van der Waals surface area (Å²) in [5, 5.41) is 3.41. The third-order valence-electron chi connectivity index (χ3n) is 4.76. The zero-order valence-electron chi connectivity index (χ0n) is 18.3. The summed E-state index contributed by atoms with van der Waals surface area (Å²) in [7, 11) is -5.47. The molecule has 2 atom stereocenters. The lowest BCUT2D eigenvalue weighted by molar-refractivity contribution is 0.369. The summed E-state index contributed by atoms with van der Waals surface area (Å²) in [5.74, 6) is 0.757. The van der Waals surface area contributed by atoms with E-state index < -0.39 is 25.2 Å². The molecule has 0 aliphatic carbocycles. The number of rotatable bonds is 15. The highest BCUT2D eigenvalue weighted by atomic mass is 28.5. The first-order chi connectivity index (χ1) is 11.5. The van der Waals surface area contributed by atoms with Gasteiger partial charge in [-0.25, -0.2) is 0 Å². The molecule has 0 aromatic heterocycles. The molecule has 4 nitrogen and oxygen atoms in total. The highest BCUT2D eigenvalue weighted by molar-refractivity contribution is 6.88. The minimum atomic E-state index is -2.14. The maximum atomic E-state index is 6.92. The molecule has 0 fully saturated rings. The summed E-state index contributed by atoms with van der Waals surface area (Å²) < 4.78 is 13.7. The lowest BCUT2D eigenvalue weighted by Gasteiger charge is -2.41. The summed E-state index contributed by atoms with van der Waals surface area (Å²) >= 11 is 0. The van der Waals surface area contributed by atoms with E-state index in [9.17, 15) is 0 Å². The Morgan fingerprint density at radius 1 is 0.960 bits per heavy atom. The van der Waals surface area contributed by atoms with Gasteiger partial charge in [0.25, 0.3) is 0 Å². The number of nitrogens with one attached hydrogen (secondary N) is 1. The largest absolute Gasteiger partial charge is 0.436 e. The summed E-state index contributed by atoms with van der Waals surface area (Å²) in [4.78, 5) is 0. The third-order valence-corrected chi connectivity index (χ3v) is 17.3. The fourth-order valence-corrected chi connectivity index (χ4v) is 17.9.